The van der Waals surface area contributed by atoms with Gasteiger partial charge < -0.3 is 1.43 Å². The predicted molar refractivity (Wildman–Crippen MR) is 255 cm³/mol. The normalized spacial score (nSPS) is 55.8. The summed E-state index contributed by atoms with van der Waals surface area (Å²) in [7, 11) is 0. The number of aromatic nitrogens is 2. The molecule has 11 heteroatoms. The smallest absolute Gasteiger partial charge is 1.00 e. The molecule has 8 unspecified atom stereocenters. The first kappa shape index (κ1) is 44.2. The molecular weight excluding hydrogens is 808 g/mol. The summed E-state index contributed by atoms with van der Waals surface area (Å²) < 4.78 is 5.46. The summed E-state index contributed by atoms with van der Waals surface area (Å²) in [6, 6.07) is 0. The van der Waals surface area contributed by atoms with E-state index in [1.165, 1.54) is 141 Å². The van der Waals surface area contributed by atoms with Gasteiger partial charge in [-0.15, -0.1) is 0 Å². The second-order valence-electron chi connectivity index (χ2n) is 27.1. The molecule has 17 aliphatic rings. The second kappa shape index (κ2) is 17.3. The van der Waals surface area contributed by atoms with Crippen molar-refractivity contribution < 1.29 is 24.9 Å². The van der Waals surface area contributed by atoms with Gasteiger partial charge in [-0.2, -0.15) is 0 Å². The maximum absolute atomic E-state index is 4.26. The van der Waals surface area contributed by atoms with Gasteiger partial charge in [0.15, 0.2) is 0 Å². The zero-order valence-electron chi connectivity index (χ0n) is 42.1. The average Bonchev–Trinajstić information content (AvgIpc) is 4.15. The van der Waals surface area contributed by atoms with Crippen LogP contribution in [0.1, 0.15) is 181 Å². The van der Waals surface area contributed by atoms with E-state index < -0.39 is 0 Å². The van der Waals surface area contributed by atoms with Crippen LogP contribution in [-0.4, -0.2) is 53.9 Å². The molecule has 0 spiro atoms. The zero-order valence-corrected chi connectivity index (χ0v) is 41.1. The number of fused-ring (bicyclic) bond motifs is 20. The van der Waals surface area contributed by atoms with E-state index in [1.807, 2.05) is 0 Å². The summed E-state index contributed by atoms with van der Waals surface area (Å²) in [6.07, 6.45) is 51.3. The predicted octanol–water partition coefficient (Wildman–Crippen LogP) is 4.35. The largest absolute Gasteiger partial charge is 1.00 e. The van der Waals surface area contributed by atoms with Crippen molar-refractivity contribution in [1.29, 1.82) is 0 Å². The summed E-state index contributed by atoms with van der Waals surface area (Å²) in [5.41, 5.74) is 1.00. The SMILES string of the molecule is C1CCC2C3NC(NC4NC(NC5NC(NC6NC(N3)C3CCCCC63)C3CCCCC53)C3CCCCC43)C2C1.[H-].[Li+].c1c[n+](C23CC4CC(CC(C4)C2)C3)cn1C12CC3CC(CC(C3)C1)C2. The molecule has 10 nitrogen and oxygen atoms in total. The Hall–Kier alpha value is -0.513. The van der Waals surface area contributed by atoms with E-state index in [0.29, 0.717) is 60.4 Å². The van der Waals surface area contributed by atoms with Crippen molar-refractivity contribution >= 4 is 0 Å². The quantitative estimate of drug-likeness (QED) is 0.164. The molecule has 6 heterocycles. The maximum atomic E-state index is 4.26. The first-order valence-electron chi connectivity index (χ1n) is 29.2. The van der Waals surface area contributed by atoms with Gasteiger partial charge in [-0.3, -0.25) is 42.5 Å². The summed E-state index contributed by atoms with van der Waals surface area (Å²) in [4.78, 5) is 0. The van der Waals surface area contributed by atoms with E-state index in [4.69, 9.17) is 0 Å². The molecule has 1 aromatic heterocycles. The minimum Gasteiger partial charge on any atom is -1.00 e. The fraction of sp³-hybridized carbons (Fsp3) is 0.945. The van der Waals surface area contributed by atoms with Gasteiger partial charge in [-0.25, -0.2) is 9.13 Å². The maximum Gasteiger partial charge on any atom is 1.00 e. The van der Waals surface area contributed by atoms with Crippen LogP contribution in [0.2, 0.25) is 0 Å². The Bertz CT molecular complexity index is 1570. The molecule has 1 aromatic rings. The van der Waals surface area contributed by atoms with Crippen LogP contribution in [0.25, 0.3) is 0 Å². The standard InChI is InChI=1S/C32H56N8.C23H33N2.Li.H/c1-2-10-18-17(9-1)25-33-26(18)38-28-21-13-5-6-14-22(21)30(35-28)40-32-24-16-8-7-15-23(24)31(36-32)39-29-20-12-4-3-11-19(20)27(34-29)37-25;1-2-25(23-12-19-6-20(13-23)8-21(7-19)14-23)15-24(1)22-9-16-3-17(10-22)5-18(4-16)11-22;;/h17-40H,1-16H2;1-2,15-21H,3-14H2;;/q;2*+1;-1. The van der Waals surface area contributed by atoms with E-state index in [9.17, 15) is 0 Å². The first-order valence-corrected chi connectivity index (χ1v) is 29.2. The van der Waals surface area contributed by atoms with Gasteiger partial charge in [0.2, 0.25) is 6.33 Å². The Morgan fingerprint density at radius 3 is 0.864 bits per heavy atom. The molecule has 66 heavy (non-hydrogen) atoms. The Labute approximate surface area is 411 Å². The molecule has 18 rings (SSSR count). The van der Waals surface area contributed by atoms with Gasteiger partial charge >= 0.3 is 18.9 Å². The summed E-state index contributed by atoms with van der Waals surface area (Å²) in [5, 5.41) is 33.8. The molecule has 0 aromatic carbocycles. The monoisotopic (exact) mass is 898 g/mol. The van der Waals surface area contributed by atoms with Crippen molar-refractivity contribution in [2.75, 3.05) is 0 Å². The van der Waals surface area contributed by atoms with E-state index in [1.54, 1.807) is 38.5 Å². The minimum atomic E-state index is 0. The van der Waals surface area contributed by atoms with E-state index >= 15 is 0 Å². The topological polar surface area (TPSA) is 105 Å². The Morgan fingerprint density at radius 2 is 0.606 bits per heavy atom. The van der Waals surface area contributed by atoms with Crippen LogP contribution in [0.3, 0.4) is 0 Å². The third-order valence-electron chi connectivity index (χ3n) is 23.5. The fourth-order valence-electron chi connectivity index (χ4n) is 21.7. The number of nitrogens with one attached hydrogen (secondary N) is 8. The van der Waals surface area contributed by atoms with Crippen molar-refractivity contribution in [2.45, 2.75) is 240 Å². The van der Waals surface area contributed by atoms with Crippen molar-refractivity contribution in [3.8, 4) is 0 Å². The molecule has 16 bridgehead atoms. The van der Waals surface area contributed by atoms with Crippen LogP contribution in [0.5, 0.6) is 0 Å². The van der Waals surface area contributed by atoms with Crippen LogP contribution >= 0.6 is 0 Å². The average molecular weight is 898 g/mol. The van der Waals surface area contributed by atoms with Crippen molar-refractivity contribution in [2.24, 2.45) is 82.9 Å². The minimum absolute atomic E-state index is 0. The van der Waals surface area contributed by atoms with Gasteiger partial charge in [-0.1, -0.05) is 51.4 Å². The summed E-state index contributed by atoms with van der Waals surface area (Å²) >= 11 is 0. The van der Waals surface area contributed by atoms with Crippen LogP contribution in [0.15, 0.2) is 18.7 Å². The van der Waals surface area contributed by atoms with Gasteiger partial charge in [0.1, 0.15) is 23.5 Å². The first-order chi connectivity index (χ1) is 32.0. The van der Waals surface area contributed by atoms with E-state index in [2.05, 4.69) is 70.4 Å². The zero-order chi connectivity index (χ0) is 42.4. The number of imidazole rings is 1. The van der Waals surface area contributed by atoms with Gasteiger partial charge in [0.05, 0.1) is 49.3 Å². The summed E-state index contributed by atoms with van der Waals surface area (Å²) in [5.74, 6) is 12.2. The molecule has 5 aliphatic heterocycles. The van der Waals surface area contributed by atoms with Crippen LogP contribution in [0.4, 0.5) is 0 Å². The molecule has 12 saturated carbocycles. The van der Waals surface area contributed by atoms with Crippen molar-refractivity contribution in [1.82, 2.24) is 47.1 Å². The second-order valence-corrected chi connectivity index (χ2v) is 27.1. The van der Waals surface area contributed by atoms with Crippen LogP contribution in [0, 0.1) is 82.9 Å². The molecule has 12 aliphatic carbocycles. The third kappa shape index (κ3) is 7.44. The Kier molecular flexibility index (Phi) is 11.6. The number of hydrogen-bond acceptors (Lipinski definition) is 8. The molecule has 8 atom stereocenters. The van der Waals surface area contributed by atoms with E-state index in [0.717, 1.165) is 82.9 Å². The molecule has 17 fully saturated rings. The molecule has 8 N–H and O–H groups in total. The number of nitrogens with zero attached hydrogens (tertiary/aromatic N) is 2. The Balaban J connectivity index is 0.000000142. The van der Waals surface area contributed by atoms with Crippen molar-refractivity contribution in [3.05, 3.63) is 18.7 Å². The Morgan fingerprint density at radius 1 is 0.364 bits per heavy atom. The van der Waals surface area contributed by atoms with Crippen molar-refractivity contribution in [3.63, 3.8) is 0 Å². The molecule has 0 radical (unpaired) electrons. The fourth-order valence-corrected chi connectivity index (χ4v) is 21.7. The third-order valence-corrected chi connectivity index (χ3v) is 23.5. The van der Waals surface area contributed by atoms with Crippen LogP contribution in [-0.2, 0) is 11.1 Å². The van der Waals surface area contributed by atoms with Gasteiger partial charge in [0.25, 0.3) is 0 Å². The van der Waals surface area contributed by atoms with Gasteiger partial charge in [0, 0.05) is 0 Å². The van der Waals surface area contributed by atoms with Gasteiger partial charge in [-0.05, 0) is 211 Å². The van der Waals surface area contributed by atoms with E-state index in [-0.39, 0.29) is 20.3 Å². The summed E-state index contributed by atoms with van der Waals surface area (Å²) in [6.45, 7) is 0. The molecule has 0 amide bonds. The van der Waals surface area contributed by atoms with Crippen LogP contribution < -0.4 is 66.0 Å². The number of rotatable bonds is 2. The molecule has 360 valence electrons. The molecule has 5 saturated heterocycles. The number of hydrogen-bond donors (Lipinski definition) is 8. The molecular formula is C55H90LiN10+.